The van der Waals surface area contributed by atoms with E-state index in [0.29, 0.717) is 0 Å². The van der Waals surface area contributed by atoms with Gasteiger partial charge in [0, 0.05) is 0 Å². The number of hydrogen-bond donors (Lipinski definition) is 0. The van der Waals surface area contributed by atoms with Gasteiger partial charge in [0.1, 0.15) is 0 Å². The van der Waals surface area contributed by atoms with Gasteiger partial charge in [-0.3, -0.25) is 0 Å². The molecular weight excluding hydrogens is 172 g/mol. The summed E-state index contributed by atoms with van der Waals surface area (Å²) in [7, 11) is 0. The van der Waals surface area contributed by atoms with Crippen molar-refractivity contribution in [1.29, 1.82) is 0 Å². The molecule has 0 aliphatic rings. The molecule has 0 saturated carbocycles. The first-order chi connectivity index (χ1) is 6.95. The molecule has 0 spiro atoms. The summed E-state index contributed by atoms with van der Waals surface area (Å²) in [5, 5.41) is 8.17. The predicted octanol–water partition coefficient (Wildman–Crippen LogP) is 3.90. The highest BCUT2D eigenvalue weighted by Gasteiger charge is 1.86. The van der Waals surface area contributed by atoms with E-state index in [4.69, 9.17) is 0 Å². The first-order valence-electron chi connectivity index (χ1n) is 4.38. The van der Waals surface area contributed by atoms with Crippen LogP contribution in [0.4, 0.5) is 11.4 Å². The van der Waals surface area contributed by atoms with E-state index in [2.05, 4.69) is 16.3 Å². The van der Waals surface area contributed by atoms with E-state index in [0.717, 1.165) is 11.4 Å². The summed E-state index contributed by atoms with van der Waals surface area (Å²) in [5.41, 5.74) is 1.70. The summed E-state index contributed by atoms with van der Waals surface area (Å²) in [4.78, 5) is 0. The van der Waals surface area contributed by atoms with Gasteiger partial charge in [0.25, 0.3) is 0 Å². The van der Waals surface area contributed by atoms with Crippen molar-refractivity contribution in [2.45, 2.75) is 0 Å². The maximum atomic E-state index is 4.09. The fraction of sp³-hybridized carbons (Fsp3) is 0. The van der Waals surface area contributed by atoms with Crippen molar-refractivity contribution < 1.29 is 0 Å². The molecule has 1 radical (unpaired) electrons. The molecule has 0 atom stereocenters. The summed E-state index contributed by atoms with van der Waals surface area (Å²) in [6, 6.07) is 20.0. The Bertz CT molecular complexity index is 365. The summed E-state index contributed by atoms with van der Waals surface area (Å²) < 4.78 is 0. The molecule has 0 amide bonds. The molecule has 2 aromatic carbocycles. The van der Waals surface area contributed by atoms with Crippen LogP contribution in [0.15, 0.2) is 64.8 Å². The van der Waals surface area contributed by atoms with Gasteiger partial charge >= 0.3 is 0 Å². The topological polar surface area (TPSA) is 24.7 Å². The van der Waals surface area contributed by atoms with Crippen LogP contribution in [-0.2, 0) is 0 Å². The second-order valence-electron chi connectivity index (χ2n) is 2.79. The van der Waals surface area contributed by atoms with Crippen LogP contribution in [0.25, 0.3) is 0 Å². The van der Waals surface area contributed by atoms with E-state index < -0.39 is 0 Å². The lowest BCUT2D eigenvalue weighted by Gasteiger charge is -1.90. The molecule has 2 aromatic rings. The predicted molar refractivity (Wildman–Crippen MR) is 55.9 cm³/mol. The van der Waals surface area contributed by atoms with Crippen LogP contribution in [0.5, 0.6) is 0 Å². The van der Waals surface area contributed by atoms with Gasteiger partial charge in [-0.15, -0.1) is 0 Å². The molecule has 0 aromatic heterocycles. The van der Waals surface area contributed by atoms with Gasteiger partial charge < -0.3 is 0 Å². The third-order valence-electron chi connectivity index (χ3n) is 1.74. The van der Waals surface area contributed by atoms with Crippen molar-refractivity contribution >= 4 is 11.4 Å². The molecule has 14 heavy (non-hydrogen) atoms. The molecule has 67 valence electrons. The van der Waals surface area contributed by atoms with Crippen LogP contribution >= 0.6 is 0 Å². The molecule has 0 aliphatic carbocycles. The van der Waals surface area contributed by atoms with E-state index in [-0.39, 0.29) is 0 Å². The highest BCUT2D eigenvalue weighted by molar-refractivity contribution is 5.38. The maximum absolute atomic E-state index is 4.09. The summed E-state index contributed by atoms with van der Waals surface area (Å²) in [6.07, 6.45) is 0. The molecule has 0 N–H and O–H groups in total. The van der Waals surface area contributed by atoms with Crippen LogP contribution in [0.1, 0.15) is 0 Å². The maximum Gasteiger partial charge on any atom is 0.0857 e. The molecule has 0 aliphatic heterocycles. The van der Waals surface area contributed by atoms with Crippen LogP contribution in [0.3, 0.4) is 0 Å². The summed E-state index contributed by atoms with van der Waals surface area (Å²) in [6.45, 7) is 0. The van der Waals surface area contributed by atoms with E-state index in [9.17, 15) is 0 Å². The highest BCUT2D eigenvalue weighted by Crippen LogP contribution is 2.16. The first-order valence-corrected chi connectivity index (χ1v) is 4.38. The summed E-state index contributed by atoms with van der Waals surface area (Å²) >= 11 is 0. The number of benzene rings is 2. The van der Waals surface area contributed by atoms with Crippen LogP contribution < -0.4 is 0 Å². The van der Waals surface area contributed by atoms with Crippen molar-refractivity contribution in [3.05, 3.63) is 60.7 Å². The first kappa shape index (κ1) is 8.63. The molecular formula is C12H9N2. The fourth-order valence-electron chi connectivity index (χ4n) is 1.05. The zero-order valence-corrected chi connectivity index (χ0v) is 7.59. The Morgan fingerprint density at radius 3 is 1.93 bits per heavy atom. The molecule has 0 bridgehead atoms. The van der Waals surface area contributed by atoms with Crippen molar-refractivity contribution in [1.82, 2.24) is 0 Å². The zero-order chi connectivity index (χ0) is 9.64. The molecule has 0 fully saturated rings. The van der Waals surface area contributed by atoms with Gasteiger partial charge in [-0.1, -0.05) is 30.3 Å². The Morgan fingerprint density at radius 1 is 0.714 bits per heavy atom. The largest absolute Gasteiger partial charge is 0.151 e. The second-order valence-corrected chi connectivity index (χ2v) is 2.79. The SMILES string of the molecule is [c]1ccc(/N=N/c2ccccc2)cc1. The Balaban J connectivity index is 2.16. The quantitative estimate of drug-likeness (QED) is 0.627. The fourth-order valence-corrected chi connectivity index (χ4v) is 1.05. The molecule has 0 heterocycles. The third-order valence-corrected chi connectivity index (χ3v) is 1.74. The van der Waals surface area contributed by atoms with Crippen LogP contribution in [0, 0.1) is 6.07 Å². The lowest BCUT2D eigenvalue weighted by atomic mass is 10.3. The zero-order valence-electron chi connectivity index (χ0n) is 7.59. The van der Waals surface area contributed by atoms with Gasteiger partial charge in [-0.25, -0.2) is 0 Å². The van der Waals surface area contributed by atoms with Crippen LogP contribution in [0.2, 0.25) is 0 Å². The monoisotopic (exact) mass is 181 g/mol. The van der Waals surface area contributed by atoms with Crippen molar-refractivity contribution in [2.75, 3.05) is 0 Å². The minimum atomic E-state index is 0.840. The normalized spacial score (nSPS) is 10.6. The Kier molecular flexibility index (Phi) is 2.67. The van der Waals surface area contributed by atoms with Gasteiger partial charge in [-0.05, 0) is 30.3 Å². The van der Waals surface area contributed by atoms with Gasteiger partial charge in [0.15, 0.2) is 0 Å². The highest BCUT2D eigenvalue weighted by atomic mass is 15.1. The Hall–Kier alpha value is -1.96. The average molecular weight is 181 g/mol. The van der Waals surface area contributed by atoms with E-state index >= 15 is 0 Å². The van der Waals surface area contributed by atoms with Crippen molar-refractivity contribution in [3.63, 3.8) is 0 Å². The van der Waals surface area contributed by atoms with Crippen LogP contribution in [-0.4, -0.2) is 0 Å². The number of rotatable bonds is 2. The summed E-state index contributed by atoms with van der Waals surface area (Å²) in [5.74, 6) is 0. The minimum Gasteiger partial charge on any atom is -0.151 e. The number of azo groups is 1. The van der Waals surface area contributed by atoms with Gasteiger partial charge in [0.2, 0.25) is 0 Å². The number of nitrogens with zero attached hydrogens (tertiary/aromatic N) is 2. The Labute approximate surface area is 82.9 Å². The van der Waals surface area contributed by atoms with E-state index in [1.807, 2.05) is 54.6 Å². The molecule has 0 unspecified atom stereocenters. The lowest BCUT2D eigenvalue weighted by molar-refractivity contribution is 1.23. The third kappa shape index (κ3) is 2.26. The molecule has 0 saturated heterocycles. The average Bonchev–Trinajstić information content (AvgIpc) is 2.29. The van der Waals surface area contributed by atoms with Crippen molar-refractivity contribution in [2.24, 2.45) is 10.2 Å². The van der Waals surface area contributed by atoms with E-state index in [1.165, 1.54) is 0 Å². The molecule has 2 rings (SSSR count). The standard InChI is InChI=1S/C12H9N2/c1-3-7-11(8-4-1)13-14-12-9-5-2-6-10-12/h1,3-10H/b14-13+. The van der Waals surface area contributed by atoms with Gasteiger partial charge in [0.05, 0.1) is 11.4 Å². The smallest absolute Gasteiger partial charge is 0.0857 e. The molecule has 2 heteroatoms. The van der Waals surface area contributed by atoms with E-state index in [1.54, 1.807) is 0 Å². The van der Waals surface area contributed by atoms with Gasteiger partial charge in [-0.2, -0.15) is 10.2 Å². The number of hydrogen-bond acceptors (Lipinski definition) is 2. The Morgan fingerprint density at radius 2 is 1.29 bits per heavy atom. The minimum absolute atomic E-state index is 0.840. The second kappa shape index (κ2) is 4.33. The lowest BCUT2D eigenvalue weighted by Crippen LogP contribution is -1.62. The van der Waals surface area contributed by atoms with Crippen molar-refractivity contribution in [3.8, 4) is 0 Å². The molecule has 2 nitrogen and oxygen atoms in total.